The molecule has 3 N–H and O–H groups in total. The number of hydrogen-bond donors (Lipinski definition) is 2. The Balaban J connectivity index is 0.00000363. The number of carbonyl (C=O) groups is 1. The molecule has 0 aromatic heterocycles. The van der Waals surface area contributed by atoms with E-state index in [0.29, 0.717) is 19.0 Å². The highest BCUT2D eigenvalue weighted by molar-refractivity contribution is 14.0. The van der Waals surface area contributed by atoms with Crippen LogP contribution in [0.5, 0.6) is 5.75 Å². The van der Waals surface area contributed by atoms with Gasteiger partial charge in [0.25, 0.3) is 0 Å². The maximum atomic E-state index is 12.5. The van der Waals surface area contributed by atoms with E-state index < -0.39 is 12.1 Å². The lowest BCUT2D eigenvalue weighted by Gasteiger charge is -2.31. The number of nitrogens with one attached hydrogen (secondary N) is 1. The van der Waals surface area contributed by atoms with E-state index in [-0.39, 0.29) is 48.1 Å². The smallest absolute Gasteiger partial charge is 0.404 e. The fourth-order valence-electron chi connectivity index (χ4n) is 3.55. The van der Waals surface area contributed by atoms with Gasteiger partial charge in [0, 0.05) is 13.1 Å². The van der Waals surface area contributed by atoms with Gasteiger partial charge in [-0.05, 0) is 42.9 Å². The second-order valence-corrected chi connectivity index (χ2v) is 7.38. The fraction of sp³-hybridized carbons (Fsp3) is 0.364. The van der Waals surface area contributed by atoms with Gasteiger partial charge in [-0.1, -0.05) is 42.5 Å². The summed E-state index contributed by atoms with van der Waals surface area (Å²) in [5, 5.41) is 2.56. The third-order valence-corrected chi connectivity index (χ3v) is 5.09. The first-order chi connectivity index (χ1) is 14.8. The fourth-order valence-corrected chi connectivity index (χ4v) is 3.55. The number of nitrogens with zero attached hydrogens (tertiary/aromatic N) is 2. The molecule has 0 aliphatic carbocycles. The van der Waals surface area contributed by atoms with Gasteiger partial charge in [-0.3, -0.25) is 4.79 Å². The molecule has 1 amide bonds. The Hall–Kier alpha value is -2.50. The van der Waals surface area contributed by atoms with Crippen LogP contribution in [0.1, 0.15) is 18.4 Å². The molecule has 2 aromatic rings. The number of benzene rings is 2. The first kappa shape index (κ1) is 25.8. The zero-order chi connectivity index (χ0) is 22.3. The van der Waals surface area contributed by atoms with E-state index >= 15 is 0 Å². The molecule has 0 radical (unpaired) electrons. The number of alkyl halides is 3. The molecule has 3 rings (SSSR count). The molecule has 1 heterocycles. The number of anilines is 1. The van der Waals surface area contributed by atoms with Crippen molar-refractivity contribution in [2.45, 2.75) is 25.6 Å². The average molecular weight is 562 g/mol. The third-order valence-electron chi connectivity index (χ3n) is 5.09. The number of aliphatic imine (C=N–C) groups is 1. The number of halogens is 4. The molecular formula is C22H26F3IN4O2. The van der Waals surface area contributed by atoms with Gasteiger partial charge in [0.05, 0.1) is 5.69 Å². The first-order valence-electron chi connectivity index (χ1n) is 10.0. The molecule has 10 heteroatoms. The van der Waals surface area contributed by atoms with Crippen LogP contribution in [0, 0.1) is 5.92 Å². The lowest BCUT2D eigenvalue weighted by molar-refractivity contribution is -0.274. The number of nitrogens with two attached hydrogens (primary N) is 1. The maximum Gasteiger partial charge on any atom is 0.573 e. The van der Waals surface area contributed by atoms with Gasteiger partial charge in [-0.15, -0.1) is 37.1 Å². The van der Waals surface area contributed by atoms with E-state index in [0.717, 1.165) is 25.3 Å². The molecule has 0 saturated carbocycles. The van der Waals surface area contributed by atoms with Crippen LogP contribution >= 0.6 is 24.0 Å². The molecule has 0 spiro atoms. The Morgan fingerprint density at radius 2 is 1.72 bits per heavy atom. The molecule has 6 nitrogen and oxygen atoms in total. The summed E-state index contributed by atoms with van der Waals surface area (Å²) in [6.07, 6.45) is -2.00. The Morgan fingerprint density at radius 3 is 2.38 bits per heavy atom. The minimum absolute atomic E-state index is 0. The average Bonchev–Trinajstić information content (AvgIpc) is 2.74. The highest BCUT2D eigenvalue weighted by Gasteiger charge is 2.32. The summed E-state index contributed by atoms with van der Waals surface area (Å²) in [6.45, 7) is 1.13. The quantitative estimate of drug-likeness (QED) is 0.311. The van der Waals surface area contributed by atoms with E-state index in [1.54, 1.807) is 4.90 Å². The van der Waals surface area contributed by atoms with Crippen molar-refractivity contribution in [3.63, 3.8) is 0 Å². The van der Waals surface area contributed by atoms with Crippen molar-refractivity contribution >= 4 is 41.5 Å². The summed E-state index contributed by atoms with van der Waals surface area (Å²) < 4.78 is 41.5. The highest BCUT2D eigenvalue weighted by Crippen LogP contribution is 2.29. The molecule has 0 unspecified atom stereocenters. The molecule has 1 fully saturated rings. The SMILES string of the molecule is I.NC(=NCC(=O)N1CCC(Cc2ccccc2)CC1)Nc1ccccc1OC(F)(F)F. The van der Waals surface area contributed by atoms with Gasteiger partial charge in [-0.2, -0.15) is 0 Å². The van der Waals surface area contributed by atoms with E-state index in [4.69, 9.17) is 5.73 Å². The van der Waals surface area contributed by atoms with Crippen molar-refractivity contribution < 1.29 is 22.7 Å². The van der Waals surface area contributed by atoms with Gasteiger partial charge in [-0.25, -0.2) is 4.99 Å². The predicted octanol–water partition coefficient (Wildman–Crippen LogP) is 4.41. The zero-order valence-corrected chi connectivity index (χ0v) is 19.7. The largest absolute Gasteiger partial charge is 0.573 e. The standard InChI is InChI=1S/C22H25F3N4O2.HI/c23-22(24,25)31-19-9-5-4-8-18(19)28-21(26)27-15-20(30)29-12-10-17(11-13-29)14-16-6-2-1-3-7-16;/h1-9,17H,10-15H2,(H3,26,27,28);1H. The molecular weight excluding hydrogens is 536 g/mol. The molecule has 1 aliphatic heterocycles. The van der Waals surface area contributed by atoms with Gasteiger partial charge in [0.15, 0.2) is 11.7 Å². The van der Waals surface area contributed by atoms with Crippen molar-refractivity contribution in [1.82, 2.24) is 4.90 Å². The Morgan fingerprint density at radius 1 is 1.09 bits per heavy atom. The van der Waals surface area contributed by atoms with Gasteiger partial charge >= 0.3 is 6.36 Å². The summed E-state index contributed by atoms with van der Waals surface area (Å²) in [7, 11) is 0. The van der Waals surface area contributed by atoms with Gasteiger partial charge in [0.1, 0.15) is 6.54 Å². The second kappa shape index (κ2) is 11.9. The highest BCUT2D eigenvalue weighted by atomic mass is 127. The molecule has 0 bridgehead atoms. The van der Waals surface area contributed by atoms with Crippen LogP contribution in [0.25, 0.3) is 0 Å². The number of hydrogen-bond acceptors (Lipinski definition) is 3. The lowest BCUT2D eigenvalue weighted by Crippen LogP contribution is -2.40. The van der Waals surface area contributed by atoms with Crippen LogP contribution in [0.3, 0.4) is 0 Å². The number of piperidine rings is 1. The summed E-state index contributed by atoms with van der Waals surface area (Å²) in [6, 6.07) is 15.7. The minimum atomic E-state index is -4.83. The number of rotatable bonds is 6. The van der Waals surface area contributed by atoms with Crippen molar-refractivity contribution in [3.05, 3.63) is 60.2 Å². The van der Waals surface area contributed by atoms with Crippen molar-refractivity contribution in [1.29, 1.82) is 0 Å². The molecule has 32 heavy (non-hydrogen) atoms. The number of guanidine groups is 1. The Bertz CT molecular complexity index is 902. The zero-order valence-electron chi connectivity index (χ0n) is 17.3. The predicted molar refractivity (Wildman–Crippen MR) is 128 cm³/mol. The van der Waals surface area contributed by atoms with E-state index in [1.807, 2.05) is 18.2 Å². The summed E-state index contributed by atoms with van der Waals surface area (Å²) in [5.41, 5.74) is 7.06. The van der Waals surface area contributed by atoms with Crippen LogP contribution in [0.4, 0.5) is 18.9 Å². The van der Waals surface area contributed by atoms with Crippen LogP contribution in [0.15, 0.2) is 59.6 Å². The third kappa shape index (κ3) is 8.21. The van der Waals surface area contributed by atoms with Crippen LogP contribution in [0.2, 0.25) is 0 Å². The van der Waals surface area contributed by atoms with Gasteiger partial charge in [0.2, 0.25) is 5.91 Å². The topological polar surface area (TPSA) is 80.0 Å². The van der Waals surface area contributed by atoms with E-state index in [1.165, 1.54) is 23.8 Å². The van der Waals surface area contributed by atoms with Crippen molar-refractivity contribution in [2.75, 3.05) is 25.0 Å². The Kier molecular flexibility index (Phi) is 9.60. The maximum absolute atomic E-state index is 12.5. The second-order valence-electron chi connectivity index (χ2n) is 7.38. The van der Waals surface area contributed by atoms with Crippen LogP contribution in [-0.4, -0.2) is 42.8 Å². The van der Waals surface area contributed by atoms with Gasteiger partial charge < -0.3 is 20.7 Å². The Labute approximate surface area is 202 Å². The molecule has 2 aromatic carbocycles. The van der Waals surface area contributed by atoms with E-state index in [2.05, 4.69) is 27.2 Å². The number of likely N-dealkylation sites (tertiary alicyclic amines) is 1. The molecule has 0 atom stereocenters. The normalized spacial score (nSPS) is 15.1. The number of ether oxygens (including phenoxy) is 1. The van der Waals surface area contributed by atoms with Crippen molar-refractivity contribution in [2.24, 2.45) is 16.6 Å². The van der Waals surface area contributed by atoms with Crippen LogP contribution in [-0.2, 0) is 11.2 Å². The number of amides is 1. The van der Waals surface area contributed by atoms with E-state index in [9.17, 15) is 18.0 Å². The summed E-state index contributed by atoms with van der Waals surface area (Å²) in [4.78, 5) is 18.2. The molecule has 1 aliphatic rings. The monoisotopic (exact) mass is 562 g/mol. The lowest BCUT2D eigenvalue weighted by atomic mass is 9.90. The van der Waals surface area contributed by atoms with Crippen LogP contribution < -0.4 is 15.8 Å². The number of para-hydroxylation sites is 2. The summed E-state index contributed by atoms with van der Waals surface area (Å²) >= 11 is 0. The first-order valence-corrected chi connectivity index (χ1v) is 10.0. The number of carbonyl (C=O) groups excluding carboxylic acids is 1. The summed E-state index contributed by atoms with van der Waals surface area (Å²) in [5.74, 6) is -0.222. The minimum Gasteiger partial charge on any atom is -0.404 e. The van der Waals surface area contributed by atoms with Crippen molar-refractivity contribution in [3.8, 4) is 5.75 Å². The molecule has 1 saturated heterocycles. The molecule has 174 valence electrons.